The summed E-state index contributed by atoms with van der Waals surface area (Å²) in [5.41, 5.74) is 1.99. The van der Waals surface area contributed by atoms with Crippen molar-refractivity contribution in [3.8, 4) is 5.88 Å². The van der Waals surface area contributed by atoms with Crippen LogP contribution in [0.4, 0.5) is 5.69 Å². The lowest BCUT2D eigenvalue weighted by Gasteiger charge is -2.21. The molecule has 0 aliphatic carbocycles. The molecule has 0 saturated heterocycles. The molecule has 1 aromatic heterocycles. The van der Waals surface area contributed by atoms with Gasteiger partial charge in [-0.05, 0) is 23.5 Å². The third kappa shape index (κ3) is 2.51. The summed E-state index contributed by atoms with van der Waals surface area (Å²) in [6.45, 7) is 6.56. The van der Waals surface area contributed by atoms with Crippen molar-refractivity contribution in [3.63, 3.8) is 0 Å². The summed E-state index contributed by atoms with van der Waals surface area (Å²) in [7, 11) is 0. The second kappa shape index (κ2) is 3.77. The quantitative estimate of drug-likeness (QED) is 0.787. The fourth-order valence-corrected chi connectivity index (χ4v) is 1.73. The molecule has 2 rings (SSSR count). The Balaban J connectivity index is 2.24. The summed E-state index contributed by atoms with van der Waals surface area (Å²) >= 11 is 0. The first-order valence-electron chi connectivity index (χ1n) is 5.36. The number of amides is 1. The molecule has 1 aliphatic heterocycles. The first-order chi connectivity index (χ1) is 7.44. The van der Waals surface area contributed by atoms with Crippen molar-refractivity contribution in [1.82, 2.24) is 4.98 Å². The third-order valence-electron chi connectivity index (χ3n) is 2.26. The molecule has 0 unspecified atom stereocenters. The van der Waals surface area contributed by atoms with Crippen LogP contribution in [0.3, 0.4) is 0 Å². The van der Waals surface area contributed by atoms with Gasteiger partial charge in [-0.3, -0.25) is 4.79 Å². The average molecular weight is 220 g/mol. The SMILES string of the molecule is CC(C)(C)Cc1cnc2c(c1)NC(=O)CO2. The highest BCUT2D eigenvalue weighted by Crippen LogP contribution is 2.28. The first-order valence-corrected chi connectivity index (χ1v) is 5.36. The molecule has 16 heavy (non-hydrogen) atoms. The second-order valence-electron chi connectivity index (χ2n) is 5.27. The highest BCUT2D eigenvalue weighted by atomic mass is 16.5. The molecule has 1 aromatic rings. The van der Waals surface area contributed by atoms with Crippen LogP contribution >= 0.6 is 0 Å². The van der Waals surface area contributed by atoms with Gasteiger partial charge in [-0.1, -0.05) is 20.8 Å². The van der Waals surface area contributed by atoms with Crippen LogP contribution in [0.5, 0.6) is 5.88 Å². The van der Waals surface area contributed by atoms with E-state index in [2.05, 4.69) is 31.1 Å². The molecule has 4 nitrogen and oxygen atoms in total. The number of nitrogens with zero attached hydrogens (tertiary/aromatic N) is 1. The number of rotatable bonds is 1. The van der Waals surface area contributed by atoms with Crippen molar-refractivity contribution < 1.29 is 9.53 Å². The van der Waals surface area contributed by atoms with Crippen molar-refractivity contribution in [1.29, 1.82) is 0 Å². The van der Waals surface area contributed by atoms with Gasteiger partial charge in [0.25, 0.3) is 5.91 Å². The van der Waals surface area contributed by atoms with Crippen LogP contribution in [0, 0.1) is 5.41 Å². The Morgan fingerprint density at radius 3 is 2.94 bits per heavy atom. The molecule has 1 aliphatic rings. The summed E-state index contributed by atoms with van der Waals surface area (Å²) < 4.78 is 5.20. The van der Waals surface area contributed by atoms with E-state index >= 15 is 0 Å². The topological polar surface area (TPSA) is 51.2 Å². The zero-order valence-electron chi connectivity index (χ0n) is 9.83. The summed E-state index contributed by atoms with van der Waals surface area (Å²) in [5.74, 6) is 0.388. The third-order valence-corrected chi connectivity index (χ3v) is 2.26. The maximum atomic E-state index is 11.2. The Labute approximate surface area is 95.0 Å². The number of hydrogen-bond acceptors (Lipinski definition) is 3. The molecular weight excluding hydrogens is 204 g/mol. The van der Waals surface area contributed by atoms with Gasteiger partial charge in [0.15, 0.2) is 6.61 Å². The molecule has 0 spiro atoms. The molecule has 86 valence electrons. The lowest BCUT2D eigenvalue weighted by molar-refractivity contribution is -0.118. The molecule has 0 aromatic carbocycles. The fraction of sp³-hybridized carbons (Fsp3) is 0.500. The van der Waals surface area contributed by atoms with Crippen molar-refractivity contribution in [2.75, 3.05) is 11.9 Å². The monoisotopic (exact) mass is 220 g/mol. The van der Waals surface area contributed by atoms with Gasteiger partial charge in [0, 0.05) is 6.20 Å². The van der Waals surface area contributed by atoms with Crippen molar-refractivity contribution in [2.45, 2.75) is 27.2 Å². The molecular formula is C12H16N2O2. The maximum Gasteiger partial charge on any atom is 0.262 e. The number of nitrogens with one attached hydrogen (secondary N) is 1. The van der Waals surface area contributed by atoms with E-state index in [4.69, 9.17) is 4.74 Å². The lowest BCUT2D eigenvalue weighted by Crippen LogP contribution is -2.26. The molecule has 0 radical (unpaired) electrons. The first kappa shape index (κ1) is 10.9. The average Bonchev–Trinajstić information content (AvgIpc) is 2.14. The predicted molar refractivity (Wildman–Crippen MR) is 61.5 cm³/mol. The Morgan fingerprint density at radius 1 is 1.50 bits per heavy atom. The highest BCUT2D eigenvalue weighted by Gasteiger charge is 2.19. The van der Waals surface area contributed by atoms with Gasteiger partial charge in [-0.2, -0.15) is 0 Å². The van der Waals surface area contributed by atoms with Gasteiger partial charge in [0.1, 0.15) is 5.69 Å². The Morgan fingerprint density at radius 2 is 2.25 bits per heavy atom. The van der Waals surface area contributed by atoms with E-state index in [-0.39, 0.29) is 17.9 Å². The normalized spacial score (nSPS) is 15.1. The van der Waals surface area contributed by atoms with E-state index in [9.17, 15) is 4.79 Å². The lowest BCUT2D eigenvalue weighted by atomic mass is 9.89. The number of hydrogen-bond donors (Lipinski definition) is 1. The van der Waals surface area contributed by atoms with Crippen LogP contribution in [0.1, 0.15) is 26.3 Å². The van der Waals surface area contributed by atoms with E-state index in [1.165, 1.54) is 0 Å². The largest absolute Gasteiger partial charge is 0.466 e. The Bertz CT molecular complexity index is 422. The zero-order valence-corrected chi connectivity index (χ0v) is 9.83. The zero-order chi connectivity index (χ0) is 11.8. The minimum atomic E-state index is -0.123. The molecule has 1 amide bonds. The molecule has 0 atom stereocenters. The summed E-state index contributed by atoms with van der Waals surface area (Å²) in [6.07, 6.45) is 2.73. The number of anilines is 1. The molecule has 0 fully saturated rings. The van der Waals surface area contributed by atoms with Crippen LogP contribution in [0.15, 0.2) is 12.3 Å². The van der Waals surface area contributed by atoms with E-state index in [1.807, 2.05) is 12.3 Å². The Hall–Kier alpha value is -1.58. The molecule has 0 bridgehead atoms. The number of ether oxygens (including phenoxy) is 1. The molecule has 4 heteroatoms. The number of carbonyl (C=O) groups excluding carboxylic acids is 1. The molecule has 2 heterocycles. The molecule has 1 N–H and O–H groups in total. The smallest absolute Gasteiger partial charge is 0.262 e. The van der Waals surface area contributed by atoms with Crippen molar-refractivity contribution in [3.05, 3.63) is 17.8 Å². The van der Waals surface area contributed by atoms with Gasteiger partial charge in [0.2, 0.25) is 5.88 Å². The van der Waals surface area contributed by atoms with Crippen LogP contribution in [-0.2, 0) is 11.2 Å². The van der Waals surface area contributed by atoms with E-state index in [1.54, 1.807) is 0 Å². The van der Waals surface area contributed by atoms with Crippen LogP contribution in [0.2, 0.25) is 0 Å². The van der Waals surface area contributed by atoms with Gasteiger partial charge in [-0.25, -0.2) is 4.98 Å². The second-order valence-corrected chi connectivity index (χ2v) is 5.27. The summed E-state index contributed by atoms with van der Waals surface area (Å²) in [5, 5.41) is 2.76. The van der Waals surface area contributed by atoms with Crippen molar-refractivity contribution in [2.24, 2.45) is 5.41 Å². The molecule has 0 saturated carbocycles. The van der Waals surface area contributed by atoms with Gasteiger partial charge in [-0.15, -0.1) is 0 Å². The predicted octanol–water partition coefficient (Wildman–Crippen LogP) is 2.00. The fourth-order valence-electron chi connectivity index (χ4n) is 1.73. The van der Waals surface area contributed by atoms with Gasteiger partial charge < -0.3 is 10.1 Å². The van der Waals surface area contributed by atoms with Crippen molar-refractivity contribution >= 4 is 11.6 Å². The van der Waals surface area contributed by atoms with E-state index in [0.29, 0.717) is 11.6 Å². The maximum absolute atomic E-state index is 11.2. The number of pyridine rings is 1. The van der Waals surface area contributed by atoms with Gasteiger partial charge in [0.05, 0.1) is 0 Å². The highest BCUT2D eigenvalue weighted by molar-refractivity contribution is 5.94. The number of aromatic nitrogens is 1. The van der Waals surface area contributed by atoms with E-state index in [0.717, 1.165) is 12.0 Å². The standard InChI is InChI=1S/C12H16N2O2/c1-12(2,3)5-8-4-9-11(13-6-8)16-7-10(15)14-9/h4,6H,5,7H2,1-3H3,(H,14,15). The minimum absolute atomic E-state index is 0.0542. The van der Waals surface area contributed by atoms with Gasteiger partial charge >= 0.3 is 0 Å². The van der Waals surface area contributed by atoms with Crippen LogP contribution in [-0.4, -0.2) is 17.5 Å². The summed E-state index contributed by atoms with van der Waals surface area (Å²) in [4.78, 5) is 15.4. The number of fused-ring (bicyclic) bond motifs is 1. The summed E-state index contributed by atoms with van der Waals surface area (Å²) in [6, 6.07) is 1.94. The Kier molecular flexibility index (Phi) is 2.58. The van der Waals surface area contributed by atoms with Crippen LogP contribution in [0.25, 0.3) is 0 Å². The van der Waals surface area contributed by atoms with Crippen LogP contribution < -0.4 is 10.1 Å². The minimum Gasteiger partial charge on any atom is -0.466 e. The van der Waals surface area contributed by atoms with E-state index < -0.39 is 0 Å². The number of carbonyl (C=O) groups is 1.